The van der Waals surface area contributed by atoms with Gasteiger partial charge in [-0.15, -0.1) is 0 Å². The second kappa shape index (κ2) is 12.5. The molecule has 1 fully saturated rings. The molecular formula is C43H56Cl2Zr. The molecule has 0 radical (unpaired) electrons. The number of allylic oxidation sites excluding steroid dienone is 6. The van der Waals surface area contributed by atoms with Gasteiger partial charge in [-0.25, -0.2) is 0 Å². The van der Waals surface area contributed by atoms with Crippen molar-refractivity contribution in [2.24, 2.45) is 40.4 Å². The molecular weight excluding hydrogens is 679 g/mol. The van der Waals surface area contributed by atoms with Crippen molar-refractivity contribution in [2.75, 3.05) is 0 Å². The number of rotatable bonds is 3. The predicted octanol–water partition coefficient (Wildman–Crippen LogP) is 5.95. The molecule has 246 valence electrons. The van der Waals surface area contributed by atoms with Crippen molar-refractivity contribution >= 4 is 0 Å². The Labute approximate surface area is 312 Å². The smallest absolute Gasteiger partial charge is 1.00 e. The second-order valence-corrected chi connectivity index (χ2v) is 18.5. The molecule has 5 aliphatic rings. The van der Waals surface area contributed by atoms with E-state index < -0.39 is 0 Å². The SMILES string of the molecule is CC(C)C1(C2c3cc(C(C)(C)C)ccc3-c3ccc(C(C)(C)C)cc32)CC(C2CC3C=CC2C3)C2=C1C=C(C(C)(C)C)C2.[Cl-].[Cl-].[Zr+2]. The van der Waals surface area contributed by atoms with Gasteiger partial charge in [-0.05, 0) is 110 Å². The van der Waals surface area contributed by atoms with Crippen molar-refractivity contribution in [3.63, 3.8) is 0 Å². The fraction of sp³-hybridized carbons (Fsp3) is 0.581. The molecule has 0 amide bonds. The van der Waals surface area contributed by atoms with Crippen LogP contribution in [0.15, 0.2) is 71.3 Å². The minimum atomic E-state index is 0. The van der Waals surface area contributed by atoms with Crippen LogP contribution in [0, 0.1) is 40.4 Å². The van der Waals surface area contributed by atoms with Crippen LogP contribution in [0.3, 0.4) is 0 Å². The van der Waals surface area contributed by atoms with Crippen molar-refractivity contribution in [2.45, 2.75) is 119 Å². The summed E-state index contributed by atoms with van der Waals surface area (Å²) in [7, 11) is 0. The monoisotopic (exact) mass is 732 g/mol. The summed E-state index contributed by atoms with van der Waals surface area (Å²) in [5, 5.41) is 0. The van der Waals surface area contributed by atoms with Crippen LogP contribution >= 0.6 is 0 Å². The molecule has 0 spiro atoms. The summed E-state index contributed by atoms with van der Waals surface area (Å²) in [4.78, 5) is 0. The number of halogens is 2. The Morgan fingerprint density at radius 3 is 1.67 bits per heavy atom. The summed E-state index contributed by atoms with van der Waals surface area (Å²) in [6, 6.07) is 15.1. The number of benzene rings is 2. The van der Waals surface area contributed by atoms with Crippen LogP contribution in [0.5, 0.6) is 0 Å². The summed E-state index contributed by atoms with van der Waals surface area (Å²) in [6.45, 7) is 26.7. The van der Waals surface area contributed by atoms with E-state index in [0.29, 0.717) is 17.8 Å². The Kier molecular flexibility index (Phi) is 10.3. The molecule has 2 aromatic rings. The molecule has 0 aliphatic heterocycles. The van der Waals surface area contributed by atoms with Gasteiger partial charge in [-0.1, -0.05) is 142 Å². The van der Waals surface area contributed by atoms with Gasteiger partial charge in [-0.3, -0.25) is 0 Å². The zero-order valence-corrected chi connectivity index (χ0v) is 34.2. The molecule has 2 bridgehead atoms. The first-order chi connectivity index (χ1) is 20.0. The van der Waals surface area contributed by atoms with Crippen LogP contribution in [-0.4, -0.2) is 0 Å². The third-order valence-corrected chi connectivity index (χ3v) is 12.7. The topological polar surface area (TPSA) is 0 Å². The van der Waals surface area contributed by atoms with E-state index in [1.54, 1.807) is 22.3 Å². The number of hydrogen-bond acceptors (Lipinski definition) is 0. The maximum atomic E-state index is 2.75. The molecule has 0 aromatic heterocycles. The molecule has 5 unspecified atom stereocenters. The Morgan fingerprint density at radius 1 is 0.717 bits per heavy atom. The third kappa shape index (κ3) is 5.77. The zero-order valence-electron chi connectivity index (χ0n) is 30.2. The minimum absolute atomic E-state index is 0. The summed E-state index contributed by atoms with van der Waals surface area (Å²) in [6.07, 6.45) is 13.2. The summed E-state index contributed by atoms with van der Waals surface area (Å²) >= 11 is 0. The van der Waals surface area contributed by atoms with Gasteiger partial charge in [0.2, 0.25) is 0 Å². The molecule has 1 saturated carbocycles. The Hall–Kier alpha value is -0.877. The maximum absolute atomic E-state index is 2.75. The fourth-order valence-corrected chi connectivity index (χ4v) is 10.1. The van der Waals surface area contributed by atoms with Crippen molar-refractivity contribution in [3.05, 3.63) is 93.6 Å². The van der Waals surface area contributed by atoms with E-state index in [9.17, 15) is 0 Å². The molecule has 5 aliphatic carbocycles. The first kappa shape index (κ1) is 37.9. The van der Waals surface area contributed by atoms with Crippen molar-refractivity contribution < 1.29 is 51.0 Å². The molecule has 3 heteroatoms. The van der Waals surface area contributed by atoms with Gasteiger partial charge in [0.25, 0.3) is 0 Å². The van der Waals surface area contributed by atoms with Gasteiger partial charge in [0.15, 0.2) is 0 Å². The van der Waals surface area contributed by atoms with Crippen LogP contribution in [0.4, 0.5) is 0 Å². The van der Waals surface area contributed by atoms with Crippen molar-refractivity contribution in [1.82, 2.24) is 0 Å². The van der Waals surface area contributed by atoms with Gasteiger partial charge in [0, 0.05) is 11.3 Å². The van der Waals surface area contributed by atoms with E-state index in [0.717, 1.165) is 17.8 Å². The minimum Gasteiger partial charge on any atom is -1.00 e. The van der Waals surface area contributed by atoms with Crippen LogP contribution in [0.1, 0.15) is 130 Å². The molecule has 46 heavy (non-hydrogen) atoms. The van der Waals surface area contributed by atoms with Crippen molar-refractivity contribution in [3.8, 4) is 11.1 Å². The molecule has 0 heterocycles. The average molecular weight is 735 g/mol. The summed E-state index contributed by atoms with van der Waals surface area (Å²) in [5.74, 6) is 4.07. The standard InChI is InChI=1S/C43H56.2ClH.Zr/c1-25(2)43(24-37(33-19-26-12-13-27(33)18-26)34-22-30(23-38(34)43)42(9,10)11)39-35-20-28(40(3,4)5)14-16-31(35)32-17-15-29(21-36(32)39)41(6,7)8;;;/h12-17,20-21,23,25-27,33,37,39H,18-19,22,24H2,1-11H3;2*1H;/q;;;+2/p-2. The van der Waals surface area contributed by atoms with E-state index in [-0.39, 0.29) is 72.7 Å². The van der Waals surface area contributed by atoms with Gasteiger partial charge in [0.1, 0.15) is 0 Å². The van der Waals surface area contributed by atoms with Gasteiger partial charge in [0.05, 0.1) is 0 Å². The maximum Gasteiger partial charge on any atom is 2.00 e. The normalized spacial score (nSPS) is 28.0. The molecule has 0 nitrogen and oxygen atoms in total. The van der Waals surface area contributed by atoms with Crippen LogP contribution in [-0.2, 0) is 37.0 Å². The zero-order chi connectivity index (χ0) is 30.9. The van der Waals surface area contributed by atoms with Crippen LogP contribution in [0.25, 0.3) is 11.1 Å². The summed E-state index contributed by atoms with van der Waals surface area (Å²) in [5.41, 5.74) is 14.9. The van der Waals surface area contributed by atoms with E-state index in [4.69, 9.17) is 0 Å². The van der Waals surface area contributed by atoms with Gasteiger partial charge in [-0.2, -0.15) is 0 Å². The molecule has 2 aromatic carbocycles. The first-order valence-electron chi connectivity index (χ1n) is 17.4. The third-order valence-electron chi connectivity index (χ3n) is 12.7. The van der Waals surface area contributed by atoms with E-state index >= 15 is 0 Å². The molecule has 0 N–H and O–H groups in total. The van der Waals surface area contributed by atoms with Crippen LogP contribution < -0.4 is 24.8 Å². The van der Waals surface area contributed by atoms with E-state index in [1.807, 2.05) is 5.57 Å². The molecule has 0 saturated heterocycles. The quantitative estimate of drug-likeness (QED) is 0.343. The van der Waals surface area contributed by atoms with E-state index in [1.165, 1.54) is 47.9 Å². The predicted molar refractivity (Wildman–Crippen MR) is 185 cm³/mol. The average Bonchev–Trinajstić information content (AvgIpc) is 3.71. The van der Waals surface area contributed by atoms with Gasteiger partial charge < -0.3 is 24.8 Å². The number of fused-ring (bicyclic) bond motifs is 5. The largest absolute Gasteiger partial charge is 2.00 e. The Bertz CT molecular complexity index is 1520. The molecule has 7 rings (SSSR count). The second-order valence-electron chi connectivity index (χ2n) is 18.5. The van der Waals surface area contributed by atoms with Crippen LogP contribution in [0.2, 0.25) is 0 Å². The molecule has 5 atom stereocenters. The van der Waals surface area contributed by atoms with Crippen molar-refractivity contribution in [1.29, 1.82) is 0 Å². The number of hydrogen-bond donors (Lipinski definition) is 0. The van der Waals surface area contributed by atoms with Gasteiger partial charge >= 0.3 is 26.2 Å². The first-order valence-corrected chi connectivity index (χ1v) is 17.4. The Balaban J connectivity index is 0.00000160. The Morgan fingerprint density at radius 2 is 1.26 bits per heavy atom. The van der Waals surface area contributed by atoms with E-state index in [2.05, 4.69) is 131 Å². The summed E-state index contributed by atoms with van der Waals surface area (Å²) < 4.78 is 0. The fourth-order valence-electron chi connectivity index (χ4n) is 10.1.